The number of amides is 1. The Labute approximate surface area is 145 Å². The topological polar surface area (TPSA) is 55.1 Å². The van der Waals surface area contributed by atoms with Crippen LogP contribution in [0.2, 0.25) is 0 Å². The molecule has 0 aliphatic heterocycles. The molecule has 0 saturated heterocycles. The number of aryl methyl sites for hydroxylation is 1. The lowest BCUT2D eigenvalue weighted by molar-refractivity contribution is -0.137. The molecule has 3 N–H and O–H groups in total. The average molecular weight is 350 g/mol. The van der Waals surface area contributed by atoms with E-state index in [1.54, 1.807) is 0 Å². The van der Waals surface area contributed by atoms with Gasteiger partial charge in [-0.25, -0.2) is 0 Å². The Morgan fingerprint density at radius 1 is 1.00 bits per heavy atom. The first-order chi connectivity index (χ1) is 11.9. The van der Waals surface area contributed by atoms with Crippen molar-refractivity contribution in [2.75, 3.05) is 13.1 Å². The number of nitrogens with two attached hydrogens (primary N) is 1. The molecule has 0 radical (unpaired) electrons. The molecular weight excluding hydrogens is 329 g/mol. The maximum atomic E-state index is 12.8. The van der Waals surface area contributed by atoms with Crippen LogP contribution in [0.15, 0.2) is 48.5 Å². The van der Waals surface area contributed by atoms with Crippen LogP contribution in [0.1, 0.15) is 33.5 Å². The Hall–Kier alpha value is -2.34. The van der Waals surface area contributed by atoms with E-state index < -0.39 is 17.6 Å². The summed E-state index contributed by atoms with van der Waals surface area (Å²) in [6.45, 7) is 1.44. The van der Waals surface area contributed by atoms with Crippen LogP contribution in [0.5, 0.6) is 0 Å². The molecule has 0 aliphatic carbocycles. The number of rotatable bonds is 8. The van der Waals surface area contributed by atoms with Gasteiger partial charge >= 0.3 is 6.18 Å². The molecule has 25 heavy (non-hydrogen) atoms. The van der Waals surface area contributed by atoms with Gasteiger partial charge in [-0.15, -0.1) is 0 Å². The Bertz CT molecular complexity index is 700. The van der Waals surface area contributed by atoms with Gasteiger partial charge < -0.3 is 11.1 Å². The second-order valence-electron chi connectivity index (χ2n) is 5.82. The maximum Gasteiger partial charge on any atom is 0.416 e. The van der Waals surface area contributed by atoms with Gasteiger partial charge in [-0.2, -0.15) is 13.2 Å². The van der Waals surface area contributed by atoms with Gasteiger partial charge in [0.25, 0.3) is 0 Å². The summed E-state index contributed by atoms with van der Waals surface area (Å²) in [6, 6.07) is 13.1. The number of carbonyl (C=O) groups is 1. The molecule has 0 unspecified atom stereocenters. The summed E-state index contributed by atoms with van der Waals surface area (Å²) in [7, 11) is 0. The SMILES string of the molecule is NC(=O)c1ccc(C(F)(F)F)cc1CCCNCCc1ccccc1. The van der Waals surface area contributed by atoms with E-state index in [-0.39, 0.29) is 5.56 Å². The Kier molecular flexibility index (Phi) is 6.58. The van der Waals surface area contributed by atoms with Crippen molar-refractivity contribution in [3.8, 4) is 0 Å². The largest absolute Gasteiger partial charge is 0.416 e. The molecule has 2 aromatic rings. The highest BCUT2D eigenvalue weighted by atomic mass is 19.4. The van der Waals surface area contributed by atoms with Crippen LogP contribution in [0.4, 0.5) is 13.2 Å². The van der Waals surface area contributed by atoms with E-state index in [4.69, 9.17) is 5.73 Å². The highest BCUT2D eigenvalue weighted by molar-refractivity contribution is 5.94. The first kappa shape index (κ1) is 19.0. The van der Waals surface area contributed by atoms with E-state index in [1.165, 1.54) is 5.56 Å². The highest BCUT2D eigenvalue weighted by Crippen LogP contribution is 2.30. The third kappa shape index (κ3) is 5.90. The zero-order chi connectivity index (χ0) is 18.3. The zero-order valence-corrected chi connectivity index (χ0v) is 13.8. The number of hydrogen-bond donors (Lipinski definition) is 2. The summed E-state index contributed by atoms with van der Waals surface area (Å²) < 4.78 is 38.5. The Morgan fingerprint density at radius 3 is 2.36 bits per heavy atom. The summed E-state index contributed by atoms with van der Waals surface area (Å²) in [5, 5.41) is 3.26. The van der Waals surface area contributed by atoms with Gasteiger partial charge in [-0.1, -0.05) is 30.3 Å². The van der Waals surface area contributed by atoms with Crippen LogP contribution < -0.4 is 11.1 Å². The second kappa shape index (κ2) is 8.67. The molecule has 0 aromatic heterocycles. The van der Waals surface area contributed by atoms with Crippen molar-refractivity contribution in [2.45, 2.75) is 25.4 Å². The van der Waals surface area contributed by atoms with Crippen molar-refractivity contribution >= 4 is 5.91 Å². The van der Waals surface area contributed by atoms with Crippen LogP contribution in [0.3, 0.4) is 0 Å². The zero-order valence-electron chi connectivity index (χ0n) is 13.8. The predicted octanol–water partition coefficient (Wildman–Crippen LogP) is 3.57. The molecule has 0 fully saturated rings. The minimum Gasteiger partial charge on any atom is -0.366 e. The minimum atomic E-state index is -4.43. The van der Waals surface area contributed by atoms with E-state index in [0.717, 1.165) is 31.2 Å². The molecule has 3 nitrogen and oxygen atoms in total. The number of nitrogens with one attached hydrogen (secondary N) is 1. The number of carbonyl (C=O) groups excluding carboxylic acids is 1. The lowest BCUT2D eigenvalue weighted by Crippen LogP contribution is -2.20. The van der Waals surface area contributed by atoms with Crippen LogP contribution in [0, 0.1) is 0 Å². The summed E-state index contributed by atoms with van der Waals surface area (Å²) in [6.07, 6.45) is -2.56. The van der Waals surface area contributed by atoms with E-state index in [1.807, 2.05) is 30.3 Å². The lowest BCUT2D eigenvalue weighted by atomic mass is 9.99. The fourth-order valence-electron chi connectivity index (χ4n) is 2.62. The van der Waals surface area contributed by atoms with Crippen LogP contribution in [-0.4, -0.2) is 19.0 Å². The number of primary amides is 1. The molecule has 0 saturated carbocycles. The molecule has 6 heteroatoms. The van der Waals surface area contributed by atoms with Gasteiger partial charge in [0.2, 0.25) is 5.91 Å². The van der Waals surface area contributed by atoms with Gasteiger partial charge in [-0.05, 0) is 61.7 Å². The molecule has 2 aromatic carbocycles. The number of hydrogen-bond acceptors (Lipinski definition) is 2. The molecular formula is C19H21F3N2O. The standard InChI is InChI=1S/C19H21F3N2O/c20-19(21,22)16-8-9-17(18(23)25)15(13-16)7-4-11-24-12-10-14-5-2-1-3-6-14/h1-3,5-6,8-9,13,24H,4,7,10-12H2,(H2,23,25). The summed E-state index contributed by atoms with van der Waals surface area (Å²) in [5.41, 5.74) is 6.21. The maximum absolute atomic E-state index is 12.8. The van der Waals surface area contributed by atoms with Crippen molar-refractivity contribution in [2.24, 2.45) is 5.73 Å². The van der Waals surface area contributed by atoms with E-state index in [9.17, 15) is 18.0 Å². The van der Waals surface area contributed by atoms with Gasteiger partial charge in [0.05, 0.1) is 5.56 Å². The summed E-state index contributed by atoms with van der Waals surface area (Å²) in [5.74, 6) is -0.708. The van der Waals surface area contributed by atoms with Crippen molar-refractivity contribution < 1.29 is 18.0 Å². The molecule has 0 bridgehead atoms. The van der Waals surface area contributed by atoms with Crippen LogP contribution in [0.25, 0.3) is 0 Å². The number of halogens is 3. The van der Waals surface area contributed by atoms with Crippen molar-refractivity contribution in [3.63, 3.8) is 0 Å². The quantitative estimate of drug-likeness (QED) is 0.715. The number of benzene rings is 2. The monoisotopic (exact) mass is 350 g/mol. The van der Waals surface area contributed by atoms with Crippen LogP contribution in [-0.2, 0) is 19.0 Å². The first-order valence-corrected chi connectivity index (χ1v) is 8.12. The van der Waals surface area contributed by atoms with Gasteiger partial charge in [0, 0.05) is 5.56 Å². The normalized spacial score (nSPS) is 11.5. The Balaban J connectivity index is 1.85. The van der Waals surface area contributed by atoms with Crippen LogP contribution >= 0.6 is 0 Å². The molecule has 0 aliphatic rings. The first-order valence-electron chi connectivity index (χ1n) is 8.12. The molecule has 0 atom stereocenters. The minimum absolute atomic E-state index is 0.150. The van der Waals surface area contributed by atoms with E-state index in [0.29, 0.717) is 24.9 Å². The third-order valence-corrected chi connectivity index (χ3v) is 3.93. The fraction of sp³-hybridized carbons (Fsp3) is 0.316. The molecule has 2 rings (SSSR count). The second-order valence-corrected chi connectivity index (χ2v) is 5.82. The van der Waals surface area contributed by atoms with Gasteiger partial charge in [0.1, 0.15) is 0 Å². The predicted molar refractivity (Wildman–Crippen MR) is 91.3 cm³/mol. The molecule has 0 heterocycles. The van der Waals surface area contributed by atoms with Crippen molar-refractivity contribution in [3.05, 3.63) is 70.8 Å². The van der Waals surface area contributed by atoms with Crippen molar-refractivity contribution in [1.82, 2.24) is 5.32 Å². The van der Waals surface area contributed by atoms with Crippen molar-refractivity contribution in [1.29, 1.82) is 0 Å². The van der Waals surface area contributed by atoms with Gasteiger partial charge in [0.15, 0.2) is 0 Å². The molecule has 1 amide bonds. The fourth-order valence-corrected chi connectivity index (χ4v) is 2.62. The summed E-state index contributed by atoms with van der Waals surface area (Å²) >= 11 is 0. The summed E-state index contributed by atoms with van der Waals surface area (Å²) in [4.78, 5) is 11.4. The average Bonchev–Trinajstić information content (AvgIpc) is 2.57. The number of alkyl halides is 3. The highest BCUT2D eigenvalue weighted by Gasteiger charge is 2.31. The molecule has 134 valence electrons. The van der Waals surface area contributed by atoms with E-state index >= 15 is 0 Å². The third-order valence-electron chi connectivity index (χ3n) is 3.93. The van der Waals surface area contributed by atoms with E-state index in [2.05, 4.69) is 5.32 Å². The lowest BCUT2D eigenvalue weighted by Gasteiger charge is -2.12. The Morgan fingerprint density at radius 2 is 1.72 bits per heavy atom. The molecule has 0 spiro atoms. The van der Waals surface area contributed by atoms with Gasteiger partial charge in [-0.3, -0.25) is 4.79 Å². The smallest absolute Gasteiger partial charge is 0.366 e.